The van der Waals surface area contributed by atoms with Crippen LogP contribution in [-0.2, 0) is 0 Å². The van der Waals surface area contributed by atoms with Crippen LogP contribution >= 0.6 is 0 Å². The van der Waals surface area contributed by atoms with Crippen LogP contribution in [0.1, 0.15) is 24.1 Å². The normalized spacial score (nSPS) is 10.9. The summed E-state index contributed by atoms with van der Waals surface area (Å²) in [5, 5.41) is 22.5. The molecular formula is C17H21N7O. The van der Waals surface area contributed by atoms with Crippen LogP contribution in [0, 0.1) is 5.41 Å². The molecule has 3 aromatic rings. The smallest absolute Gasteiger partial charge is 0.141 e. The van der Waals surface area contributed by atoms with E-state index >= 15 is 0 Å². The molecule has 0 saturated heterocycles. The number of phenolic OH excluding ortho intramolecular Hbond substituents is 1. The van der Waals surface area contributed by atoms with E-state index in [0.717, 1.165) is 18.2 Å². The third-order valence-electron chi connectivity index (χ3n) is 3.95. The fourth-order valence-corrected chi connectivity index (χ4v) is 2.67. The van der Waals surface area contributed by atoms with Crippen molar-refractivity contribution >= 4 is 28.3 Å². The lowest BCUT2D eigenvalue weighted by Gasteiger charge is -2.12. The van der Waals surface area contributed by atoms with E-state index in [-0.39, 0.29) is 17.3 Å². The SMILES string of the molecule is N=C(c1cc2cccc(O)c2[nH]1)c1c(N)ncnc1NCCCCN. The third-order valence-corrected chi connectivity index (χ3v) is 3.95. The second-order valence-electron chi connectivity index (χ2n) is 5.70. The Morgan fingerprint density at radius 3 is 2.88 bits per heavy atom. The number of nitrogen functional groups attached to an aromatic ring is 1. The number of fused-ring (bicyclic) bond motifs is 1. The van der Waals surface area contributed by atoms with Crippen LogP contribution in [0.4, 0.5) is 11.6 Å². The predicted octanol–water partition coefficient (Wildman–Crippen LogP) is 1.81. The van der Waals surface area contributed by atoms with Crippen molar-refractivity contribution in [3.63, 3.8) is 0 Å². The van der Waals surface area contributed by atoms with E-state index in [1.807, 2.05) is 6.07 Å². The molecular weight excluding hydrogens is 318 g/mol. The summed E-state index contributed by atoms with van der Waals surface area (Å²) in [4.78, 5) is 11.3. The van der Waals surface area contributed by atoms with Gasteiger partial charge >= 0.3 is 0 Å². The molecule has 0 bridgehead atoms. The minimum Gasteiger partial charge on any atom is -0.506 e. The van der Waals surface area contributed by atoms with Gasteiger partial charge in [0.2, 0.25) is 0 Å². The Morgan fingerprint density at radius 1 is 1.28 bits per heavy atom. The van der Waals surface area contributed by atoms with E-state index in [4.69, 9.17) is 16.9 Å². The van der Waals surface area contributed by atoms with Gasteiger partial charge in [-0.15, -0.1) is 0 Å². The monoisotopic (exact) mass is 339 g/mol. The van der Waals surface area contributed by atoms with Crippen molar-refractivity contribution in [3.05, 3.63) is 41.9 Å². The Bertz CT molecular complexity index is 903. The Morgan fingerprint density at radius 2 is 2.12 bits per heavy atom. The van der Waals surface area contributed by atoms with Crippen molar-refractivity contribution in [1.82, 2.24) is 15.0 Å². The highest BCUT2D eigenvalue weighted by Crippen LogP contribution is 2.27. The van der Waals surface area contributed by atoms with Crippen molar-refractivity contribution < 1.29 is 5.11 Å². The average Bonchev–Trinajstić information content (AvgIpc) is 3.04. The molecule has 2 heterocycles. The zero-order valence-electron chi connectivity index (χ0n) is 13.7. The Labute approximate surface area is 144 Å². The Hall–Kier alpha value is -3.13. The zero-order chi connectivity index (χ0) is 17.8. The summed E-state index contributed by atoms with van der Waals surface area (Å²) in [6.45, 7) is 1.32. The molecule has 0 unspecified atom stereocenters. The van der Waals surface area contributed by atoms with Crippen LogP contribution in [0.3, 0.4) is 0 Å². The molecule has 0 aliphatic rings. The number of nitrogens with zero attached hydrogens (tertiary/aromatic N) is 2. The van der Waals surface area contributed by atoms with Gasteiger partial charge in [-0.2, -0.15) is 0 Å². The van der Waals surface area contributed by atoms with Gasteiger partial charge in [0.25, 0.3) is 0 Å². The van der Waals surface area contributed by atoms with Crippen LogP contribution in [0.25, 0.3) is 10.9 Å². The minimum atomic E-state index is 0.133. The number of hydrogen-bond donors (Lipinski definition) is 6. The first-order chi connectivity index (χ1) is 12.1. The molecule has 130 valence electrons. The maximum atomic E-state index is 9.94. The molecule has 0 aliphatic heterocycles. The number of anilines is 2. The number of H-pyrrole nitrogens is 1. The zero-order valence-corrected chi connectivity index (χ0v) is 13.7. The molecule has 8 heteroatoms. The van der Waals surface area contributed by atoms with E-state index in [1.54, 1.807) is 18.2 Å². The largest absolute Gasteiger partial charge is 0.506 e. The first-order valence-corrected chi connectivity index (χ1v) is 8.06. The van der Waals surface area contributed by atoms with Gasteiger partial charge in [-0.05, 0) is 31.5 Å². The second kappa shape index (κ2) is 7.18. The molecule has 0 spiro atoms. The van der Waals surface area contributed by atoms with Gasteiger partial charge in [0.05, 0.1) is 22.5 Å². The van der Waals surface area contributed by atoms with Crippen LogP contribution in [0.5, 0.6) is 5.75 Å². The lowest BCUT2D eigenvalue weighted by molar-refractivity contribution is 0.480. The van der Waals surface area contributed by atoms with E-state index < -0.39 is 0 Å². The lowest BCUT2D eigenvalue weighted by Crippen LogP contribution is -2.15. The van der Waals surface area contributed by atoms with E-state index in [9.17, 15) is 5.11 Å². The summed E-state index contributed by atoms with van der Waals surface area (Å²) in [6.07, 6.45) is 3.17. The molecule has 3 rings (SSSR count). The third kappa shape index (κ3) is 3.38. The molecule has 0 amide bonds. The molecule has 0 radical (unpaired) electrons. The molecule has 2 aromatic heterocycles. The molecule has 1 aromatic carbocycles. The van der Waals surface area contributed by atoms with E-state index in [1.165, 1.54) is 6.33 Å². The highest BCUT2D eigenvalue weighted by molar-refractivity contribution is 6.16. The Kier molecular flexibility index (Phi) is 4.80. The van der Waals surface area contributed by atoms with Gasteiger partial charge in [-0.25, -0.2) is 9.97 Å². The number of para-hydroxylation sites is 1. The number of aromatic hydroxyl groups is 1. The maximum Gasteiger partial charge on any atom is 0.141 e. The van der Waals surface area contributed by atoms with Crippen molar-refractivity contribution in [1.29, 1.82) is 5.41 Å². The van der Waals surface area contributed by atoms with Crippen LogP contribution in [0.2, 0.25) is 0 Å². The quantitative estimate of drug-likeness (QED) is 0.285. The average molecular weight is 339 g/mol. The van der Waals surface area contributed by atoms with Crippen molar-refractivity contribution in [2.24, 2.45) is 5.73 Å². The highest BCUT2D eigenvalue weighted by Gasteiger charge is 2.18. The second-order valence-corrected chi connectivity index (χ2v) is 5.70. The number of nitrogens with two attached hydrogens (primary N) is 2. The van der Waals surface area contributed by atoms with Crippen molar-refractivity contribution in [2.75, 3.05) is 24.1 Å². The molecule has 8 nitrogen and oxygen atoms in total. The standard InChI is InChI=1S/C17H21N7O/c18-6-1-2-7-21-17-13(16(20)22-9-23-17)14(19)11-8-10-4-3-5-12(25)15(10)24-11/h3-5,8-9,19,24-25H,1-2,6-7,18H2,(H3,20,21,22,23). The van der Waals surface area contributed by atoms with Gasteiger partial charge in [0.15, 0.2) is 0 Å². The molecule has 25 heavy (non-hydrogen) atoms. The number of rotatable bonds is 7. The number of aromatic nitrogens is 3. The summed E-state index contributed by atoms with van der Waals surface area (Å²) in [7, 11) is 0. The molecule has 0 aliphatic carbocycles. The molecule has 0 atom stereocenters. The predicted molar refractivity (Wildman–Crippen MR) is 99.1 cm³/mol. The van der Waals surface area contributed by atoms with E-state index in [0.29, 0.717) is 35.7 Å². The summed E-state index contributed by atoms with van der Waals surface area (Å²) in [5.74, 6) is 0.871. The van der Waals surface area contributed by atoms with Crippen LogP contribution < -0.4 is 16.8 Å². The number of hydrogen-bond acceptors (Lipinski definition) is 7. The number of benzene rings is 1. The fraction of sp³-hybridized carbons (Fsp3) is 0.235. The van der Waals surface area contributed by atoms with Crippen LogP contribution in [-0.4, -0.2) is 38.9 Å². The Balaban J connectivity index is 1.93. The number of unbranched alkanes of at least 4 members (excludes halogenated alkanes) is 1. The molecule has 0 saturated carbocycles. The first kappa shape index (κ1) is 16.7. The van der Waals surface area contributed by atoms with Gasteiger partial charge in [-0.3, -0.25) is 5.41 Å². The molecule has 0 fully saturated rings. The topological polar surface area (TPSA) is 150 Å². The lowest BCUT2D eigenvalue weighted by atomic mass is 10.1. The van der Waals surface area contributed by atoms with Gasteiger partial charge < -0.3 is 26.9 Å². The molecule has 8 N–H and O–H groups in total. The summed E-state index contributed by atoms with van der Waals surface area (Å²) >= 11 is 0. The van der Waals surface area contributed by atoms with E-state index in [2.05, 4.69) is 20.3 Å². The van der Waals surface area contributed by atoms with Crippen molar-refractivity contribution in [2.45, 2.75) is 12.8 Å². The first-order valence-electron chi connectivity index (χ1n) is 8.06. The van der Waals surface area contributed by atoms with Crippen molar-refractivity contribution in [3.8, 4) is 5.75 Å². The summed E-state index contributed by atoms with van der Waals surface area (Å²) < 4.78 is 0. The van der Waals surface area contributed by atoms with Gasteiger partial charge in [0.1, 0.15) is 23.7 Å². The van der Waals surface area contributed by atoms with Crippen LogP contribution in [0.15, 0.2) is 30.6 Å². The fourth-order valence-electron chi connectivity index (χ4n) is 2.67. The number of aromatic amines is 1. The minimum absolute atomic E-state index is 0.133. The summed E-state index contributed by atoms with van der Waals surface area (Å²) in [5.41, 5.74) is 13.2. The summed E-state index contributed by atoms with van der Waals surface area (Å²) in [6, 6.07) is 7.00. The maximum absolute atomic E-state index is 9.94. The number of phenols is 1. The highest BCUT2D eigenvalue weighted by atomic mass is 16.3. The van der Waals surface area contributed by atoms with Gasteiger partial charge in [-0.1, -0.05) is 12.1 Å². The van der Waals surface area contributed by atoms with Gasteiger partial charge in [0, 0.05) is 11.9 Å². The number of nitrogens with one attached hydrogen (secondary N) is 3.